The first-order valence-electron chi connectivity index (χ1n) is 7.67. The van der Waals surface area contributed by atoms with Gasteiger partial charge in [-0.25, -0.2) is 0 Å². The van der Waals surface area contributed by atoms with Crippen LogP contribution in [0.3, 0.4) is 0 Å². The highest BCUT2D eigenvalue weighted by Gasteiger charge is 2.33. The molecule has 0 atom stereocenters. The quantitative estimate of drug-likeness (QED) is 0.808. The predicted molar refractivity (Wildman–Crippen MR) is 87.6 cm³/mol. The highest BCUT2D eigenvalue weighted by Crippen LogP contribution is 2.29. The van der Waals surface area contributed by atoms with Gasteiger partial charge in [-0.3, -0.25) is 4.79 Å². The molecule has 4 heteroatoms. The molecule has 0 saturated carbocycles. The van der Waals surface area contributed by atoms with E-state index < -0.39 is 5.41 Å². The number of hydrogen-bond donors (Lipinski definition) is 2. The zero-order valence-corrected chi connectivity index (χ0v) is 13.8. The summed E-state index contributed by atoms with van der Waals surface area (Å²) >= 11 is 0. The summed E-state index contributed by atoms with van der Waals surface area (Å²) in [7, 11) is 0. The number of carbonyl (C=O) groups excluding carboxylic acids is 1. The van der Waals surface area contributed by atoms with Crippen LogP contribution in [-0.4, -0.2) is 18.6 Å². The van der Waals surface area contributed by atoms with Crippen LogP contribution in [0.2, 0.25) is 0 Å². The zero-order valence-electron chi connectivity index (χ0n) is 13.8. The second kappa shape index (κ2) is 7.46. The fourth-order valence-corrected chi connectivity index (χ4v) is 2.33. The fourth-order valence-electron chi connectivity index (χ4n) is 2.33. The molecule has 118 valence electrons. The van der Waals surface area contributed by atoms with Gasteiger partial charge in [-0.2, -0.15) is 0 Å². The molecule has 21 heavy (non-hydrogen) atoms. The Morgan fingerprint density at radius 2 is 1.95 bits per heavy atom. The minimum Gasteiger partial charge on any atom is -0.491 e. The first-order valence-corrected chi connectivity index (χ1v) is 7.67. The number of amides is 1. The number of anilines is 1. The number of hydrogen-bond acceptors (Lipinski definition) is 3. The van der Waals surface area contributed by atoms with Crippen LogP contribution in [0, 0.1) is 12.3 Å². The van der Waals surface area contributed by atoms with E-state index in [1.165, 1.54) is 0 Å². The Bertz CT molecular complexity index is 471. The first kappa shape index (κ1) is 17.5. The molecule has 4 nitrogen and oxygen atoms in total. The van der Waals surface area contributed by atoms with E-state index in [-0.39, 0.29) is 12.0 Å². The maximum Gasteiger partial charge on any atom is 0.231 e. The molecule has 0 spiro atoms. The van der Waals surface area contributed by atoms with E-state index >= 15 is 0 Å². The summed E-state index contributed by atoms with van der Waals surface area (Å²) in [6.07, 6.45) is 1.61. The maximum absolute atomic E-state index is 12.5. The summed E-state index contributed by atoms with van der Waals surface area (Å²) in [5, 5.41) is 3.01. The third-order valence-corrected chi connectivity index (χ3v) is 4.04. The Morgan fingerprint density at radius 1 is 1.33 bits per heavy atom. The van der Waals surface area contributed by atoms with Crippen molar-refractivity contribution in [3.63, 3.8) is 0 Å². The van der Waals surface area contributed by atoms with Crippen LogP contribution in [0.15, 0.2) is 18.2 Å². The van der Waals surface area contributed by atoms with Gasteiger partial charge >= 0.3 is 0 Å². The van der Waals surface area contributed by atoms with Crippen molar-refractivity contribution in [2.75, 3.05) is 11.9 Å². The van der Waals surface area contributed by atoms with E-state index in [0.717, 1.165) is 29.8 Å². The summed E-state index contributed by atoms with van der Waals surface area (Å²) < 4.78 is 5.65. The molecule has 0 bridgehead atoms. The molecular weight excluding hydrogens is 264 g/mol. The number of rotatable bonds is 7. The van der Waals surface area contributed by atoms with Gasteiger partial charge in [0.2, 0.25) is 5.91 Å². The third-order valence-electron chi connectivity index (χ3n) is 4.04. The van der Waals surface area contributed by atoms with Gasteiger partial charge in [-0.15, -0.1) is 0 Å². The lowest BCUT2D eigenvalue weighted by Gasteiger charge is -2.29. The van der Waals surface area contributed by atoms with Crippen LogP contribution in [0.5, 0.6) is 5.75 Å². The molecule has 3 N–H and O–H groups in total. The smallest absolute Gasteiger partial charge is 0.231 e. The molecular formula is C17H28N2O2. The lowest BCUT2D eigenvalue weighted by molar-refractivity contribution is -0.125. The Balaban J connectivity index is 2.90. The van der Waals surface area contributed by atoms with Crippen molar-refractivity contribution in [2.45, 2.75) is 53.6 Å². The number of benzene rings is 1. The number of nitrogens with two attached hydrogens (primary N) is 1. The summed E-state index contributed by atoms with van der Waals surface area (Å²) in [5.74, 6) is 0.812. The van der Waals surface area contributed by atoms with Crippen LogP contribution >= 0.6 is 0 Å². The van der Waals surface area contributed by atoms with E-state index in [1.807, 2.05) is 52.8 Å². The SMILES string of the molecule is CCC(CC)(CN)C(=O)Nc1ccc(OC(C)C)cc1C. The molecule has 1 aromatic carbocycles. The second-order valence-corrected chi connectivity index (χ2v) is 5.79. The summed E-state index contributed by atoms with van der Waals surface area (Å²) in [4.78, 5) is 12.5. The molecule has 0 aliphatic heterocycles. The molecule has 1 amide bonds. The third kappa shape index (κ3) is 4.21. The minimum absolute atomic E-state index is 0.00405. The topological polar surface area (TPSA) is 64.4 Å². The average molecular weight is 292 g/mol. The van der Waals surface area contributed by atoms with Gasteiger partial charge in [0.25, 0.3) is 0 Å². The summed E-state index contributed by atoms with van der Waals surface area (Å²) in [5.41, 5.74) is 7.13. The van der Waals surface area contributed by atoms with Gasteiger partial charge in [-0.1, -0.05) is 13.8 Å². The zero-order chi connectivity index (χ0) is 16.0. The Morgan fingerprint density at radius 3 is 2.38 bits per heavy atom. The lowest BCUT2D eigenvalue weighted by atomic mass is 9.81. The number of nitrogens with one attached hydrogen (secondary N) is 1. The highest BCUT2D eigenvalue weighted by atomic mass is 16.5. The van der Waals surface area contributed by atoms with Crippen molar-refractivity contribution in [3.8, 4) is 5.75 Å². The van der Waals surface area contributed by atoms with Gasteiger partial charge < -0.3 is 15.8 Å². The van der Waals surface area contributed by atoms with Crippen molar-refractivity contribution in [3.05, 3.63) is 23.8 Å². The van der Waals surface area contributed by atoms with Crippen molar-refractivity contribution in [2.24, 2.45) is 11.1 Å². The van der Waals surface area contributed by atoms with Gasteiger partial charge in [0.1, 0.15) is 5.75 Å². The van der Waals surface area contributed by atoms with Crippen LogP contribution in [0.1, 0.15) is 46.1 Å². The van der Waals surface area contributed by atoms with Crippen molar-refractivity contribution < 1.29 is 9.53 Å². The highest BCUT2D eigenvalue weighted by molar-refractivity contribution is 5.96. The lowest BCUT2D eigenvalue weighted by Crippen LogP contribution is -2.41. The number of carbonyl (C=O) groups is 1. The minimum atomic E-state index is -0.487. The molecule has 0 aliphatic carbocycles. The van der Waals surface area contributed by atoms with E-state index in [9.17, 15) is 4.79 Å². The molecule has 0 radical (unpaired) electrons. The first-order chi connectivity index (χ1) is 9.88. The summed E-state index contributed by atoms with van der Waals surface area (Å²) in [6.45, 7) is 10.3. The average Bonchev–Trinajstić information content (AvgIpc) is 2.44. The Hall–Kier alpha value is -1.55. The van der Waals surface area contributed by atoms with Crippen LogP contribution < -0.4 is 15.8 Å². The van der Waals surface area contributed by atoms with Gasteiger partial charge in [0.05, 0.1) is 11.5 Å². The van der Waals surface area contributed by atoms with E-state index in [4.69, 9.17) is 10.5 Å². The molecule has 0 unspecified atom stereocenters. The van der Waals surface area contributed by atoms with E-state index in [1.54, 1.807) is 0 Å². The molecule has 0 fully saturated rings. The molecule has 0 aliphatic rings. The van der Waals surface area contributed by atoms with Gasteiger partial charge in [0, 0.05) is 12.2 Å². The standard InChI is InChI=1S/C17H28N2O2/c1-6-17(7-2,11-18)16(20)19-15-9-8-14(10-13(15)5)21-12(3)4/h8-10,12H,6-7,11,18H2,1-5H3,(H,19,20). The summed E-state index contributed by atoms with van der Waals surface area (Å²) in [6, 6.07) is 5.71. The van der Waals surface area contributed by atoms with Crippen molar-refractivity contribution >= 4 is 11.6 Å². The van der Waals surface area contributed by atoms with Crippen molar-refractivity contribution in [1.29, 1.82) is 0 Å². The monoisotopic (exact) mass is 292 g/mol. The van der Waals surface area contributed by atoms with Gasteiger partial charge in [0.15, 0.2) is 0 Å². The second-order valence-electron chi connectivity index (χ2n) is 5.79. The number of ether oxygens (including phenoxy) is 1. The molecule has 1 rings (SSSR count). The Kier molecular flexibility index (Phi) is 6.21. The largest absolute Gasteiger partial charge is 0.491 e. The predicted octanol–water partition coefficient (Wildman–Crippen LogP) is 3.49. The van der Waals surface area contributed by atoms with Crippen LogP contribution in [0.25, 0.3) is 0 Å². The van der Waals surface area contributed by atoms with E-state index in [2.05, 4.69) is 5.32 Å². The Labute approximate surface area is 128 Å². The molecule has 0 heterocycles. The van der Waals surface area contributed by atoms with Crippen molar-refractivity contribution in [1.82, 2.24) is 0 Å². The number of aryl methyl sites for hydroxylation is 1. The molecule has 0 aromatic heterocycles. The van der Waals surface area contributed by atoms with Gasteiger partial charge in [-0.05, 0) is 57.4 Å². The van der Waals surface area contributed by atoms with Crippen LogP contribution in [-0.2, 0) is 4.79 Å². The molecule has 1 aromatic rings. The van der Waals surface area contributed by atoms with Crippen LogP contribution in [0.4, 0.5) is 5.69 Å². The molecule has 0 saturated heterocycles. The van der Waals surface area contributed by atoms with E-state index in [0.29, 0.717) is 6.54 Å². The normalized spacial score (nSPS) is 11.6. The fraction of sp³-hybridized carbons (Fsp3) is 0.588. The maximum atomic E-state index is 12.5.